The van der Waals surface area contributed by atoms with E-state index in [1.807, 2.05) is 0 Å². The molecule has 14 heavy (non-hydrogen) atoms. The summed E-state index contributed by atoms with van der Waals surface area (Å²) in [6.45, 7) is 1.77. The van der Waals surface area contributed by atoms with E-state index in [1.165, 1.54) is 38.5 Å². The molecule has 2 nitrogen and oxygen atoms in total. The minimum Gasteiger partial charge on any atom is -0.330 e. The van der Waals surface area contributed by atoms with E-state index in [0.717, 1.165) is 36.8 Å². The zero-order chi connectivity index (χ0) is 9.97. The van der Waals surface area contributed by atoms with Gasteiger partial charge in [-0.25, -0.2) is 0 Å². The Bertz CT molecular complexity index is 161. The molecule has 2 bridgehead atoms. The van der Waals surface area contributed by atoms with Crippen molar-refractivity contribution in [3.63, 3.8) is 0 Å². The van der Waals surface area contributed by atoms with Crippen LogP contribution >= 0.6 is 0 Å². The van der Waals surface area contributed by atoms with Gasteiger partial charge in [0.05, 0.1) is 0 Å². The minimum absolute atomic E-state index is 0.884. The quantitative estimate of drug-likeness (QED) is 0.719. The van der Waals surface area contributed by atoms with E-state index in [-0.39, 0.29) is 0 Å². The highest BCUT2D eigenvalue weighted by Crippen LogP contribution is 2.50. The van der Waals surface area contributed by atoms with Crippen molar-refractivity contribution in [1.29, 1.82) is 0 Å². The van der Waals surface area contributed by atoms with Crippen LogP contribution in [0.4, 0.5) is 0 Å². The van der Waals surface area contributed by atoms with Gasteiger partial charge in [-0.3, -0.25) is 0 Å². The Labute approximate surface area is 87.4 Å². The average Bonchev–Trinajstić information content (AvgIpc) is 2.21. The fourth-order valence-corrected chi connectivity index (χ4v) is 3.82. The molecule has 3 saturated carbocycles. The first-order valence-electron chi connectivity index (χ1n) is 6.25. The summed E-state index contributed by atoms with van der Waals surface area (Å²) in [5.41, 5.74) is 11.3. The van der Waals surface area contributed by atoms with Gasteiger partial charge >= 0.3 is 0 Å². The van der Waals surface area contributed by atoms with Crippen molar-refractivity contribution in [2.75, 3.05) is 13.1 Å². The van der Waals surface area contributed by atoms with Gasteiger partial charge in [-0.15, -0.1) is 0 Å². The Morgan fingerprint density at radius 1 is 0.786 bits per heavy atom. The van der Waals surface area contributed by atoms with Crippen LogP contribution < -0.4 is 11.5 Å². The number of nitrogens with two attached hydrogens (primary N) is 2. The summed E-state index contributed by atoms with van der Waals surface area (Å²) in [6.07, 6.45) is 8.36. The molecular formula is C12H24N2. The lowest BCUT2D eigenvalue weighted by Crippen LogP contribution is -2.39. The lowest BCUT2D eigenvalue weighted by molar-refractivity contribution is 0.0348. The van der Waals surface area contributed by atoms with Crippen molar-refractivity contribution in [1.82, 2.24) is 0 Å². The van der Waals surface area contributed by atoms with Crippen LogP contribution in [0.25, 0.3) is 0 Å². The normalized spacial score (nSPS) is 41.6. The number of rotatable bonds is 4. The van der Waals surface area contributed by atoms with Crippen molar-refractivity contribution in [3.05, 3.63) is 0 Å². The van der Waals surface area contributed by atoms with Gasteiger partial charge in [0.25, 0.3) is 0 Å². The summed E-state index contributed by atoms with van der Waals surface area (Å²) in [5.74, 6) is 3.88. The minimum atomic E-state index is 0.884. The predicted octanol–water partition coefficient (Wildman–Crippen LogP) is 1.74. The molecule has 0 heterocycles. The number of hydrogen-bond donors (Lipinski definition) is 2. The maximum absolute atomic E-state index is 5.66. The van der Waals surface area contributed by atoms with Gasteiger partial charge in [0.1, 0.15) is 0 Å². The molecule has 0 spiro atoms. The predicted molar refractivity (Wildman–Crippen MR) is 59.8 cm³/mol. The largest absolute Gasteiger partial charge is 0.330 e. The van der Waals surface area contributed by atoms with E-state index >= 15 is 0 Å². The van der Waals surface area contributed by atoms with Gasteiger partial charge in [0.15, 0.2) is 0 Å². The second-order valence-corrected chi connectivity index (χ2v) is 5.24. The standard InChI is InChI=1S/C12H24N2/c13-5-3-11-8-10-2-1-9(11)7-12(10)4-6-14/h9-12H,1-8,13-14H2. The van der Waals surface area contributed by atoms with Crippen molar-refractivity contribution < 1.29 is 0 Å². The van der Waals surface area contributed by atoms with E-state index in [2.05, 4.69) is 0 Å². The van der Waals surface area contributed by atoms with Crippen LogP contribution in [-0.4, -0.2) is 13.1 Å². The third kappa shape index (κ3) is 1.96. The smallest absolute Gasteiger partial charge is 0.00745 e. The first-order chi connectivity index (χ1) is 6.85. The monoisotopic (exact) mass is 196 g/mol. The molecule has 4 N–H and O–H groups in total. The highest BCUT2D eigenvalue weighted by molar-refractivity contribution is 4.91. The Morgan fingerprint density at radius 3 is 1.50 bits per heavy atom. The van der Waals surface area contributed by atoms with Gasteiger partial charge in [0, 0.05) is 0 Å². The van der Waals surface area contributed by atoms with Crippen LogP contribution in [0.15, 0.2) is 0 Å². The first kappa shape index (κ1) is 10.4. The van der Waals surface area contributed by atoms with Crippen molar-refractivity contribution in [2.45, 2.75) is 38.5 Å². The Balaban J connectivity index is 1.91. The van der Waals surface area contributed by atoms with Crippen LogP contribution in [0.1, 0.15) is 38.5 Å². The van der Waals surface area contributed by atoms with Crippen molar-refractivity contribution in [2.24, 2.45) is 35.1 Å². The molecule has 82 valence electrons. The SMILES string of the molecule is NCCC1CC2CCC1CC2CCN. The van der Waals surface area contributed by atoms with Crippen LogP contribution in [0, 0.1) is 23.7 Å². The molecule has 0 aromatic heterocycles. The van der Waals surface area contributed by atoms with E-state index in [9.17, 15) is 0 Å². The van der Waals surface area contributed by atoms with Crippen molar-refractivity contribution >= 4 is 0 Å². The van der Waals surface area contributed by atoms with Gasteiger partial charge in [0.2, 0.25) is 0 Å². The summed E-state index contributed by atoms with van der Waals surface area (Å²) < 4.78 is 0. The second kappa shape index (κ2) is 4.63. The zero-order valence-electron chi connectivity index (χ0n) is 9.12. The van der Waals surface area contributed by atoms with Crippen LogP contribution in [0.5, 0.6) is 0 Å². The van der Waals surface area contributed by atoms with Crippen molar-refractivity contribution in [3.8, 4) is 0 Å². The van der Waals surface area contributed by atoms with Crippen LogP contribution in [-0.2, 0) is 0 Å². The fourth-order valence-electron chi connectivity index (χ4n) is 3.82. The lowest BCUT2D eigenvalue weighted by Gasteiger charge is -2.47. The topological polar surface area (TPSA) is 52.0 Å². The van der Waals surface area contributed by atoms with E-state index in [1.54, 1.807) is 0 Å². The van der Waals surface area contributed by atoms with Gasteiger partial charge < -0.3 is 11.5 Å². The van der Waals surface area contributed by atoms with E-state index in [0.29, 0.717) is 0 Å². The maximum Gasteiger partial charge on any atom is -0.00745 e. The Morgan fingerprint density at radius 2 is 1.21 bits per heavy atom. The Kier molecular flexibility index (Phi) is 3.45. The van der Waals surface area contributed by atoms with E-state index in [4.69, 9.17) is 11.5 Å². The second-order valence-electron chi connectivity index (χ2n) is 5.24. The molecule has 0 radical (unpaired) electrons. The molecule has 4 atom stereocenters. The first-order valence-corrected chi connectivity index (χ1v) is 6.25. The average molecular weight is 196 g/mol. The molecular weight excluding hydrogens is 172 g/mol. The number of fused-ring (bicyclic) bond motifs is 3. The summed E-state index contributed by atoms with van der Waals surface area (Å²) in [5, 5.41) is 0. The van der Waals surface area contributed by atoms with Gasteiger partial charge in [-0.2, -0.15) is 0 Å². The molecule has 0 aromatic carbocycles. The highest BCUT2D eigenvalue weighted by Gasteiger charge is 2.40. The van der Waals surface area contributed by atoms with Crippen LogP contribution in [0.2, 0.25) is 0 Å². The fraction of sp³-hybridized carbons (Fsp3) is 1.00. The maximum atomic E-state index is 5.66. The molecule has 3 aliphatic carbocycles. The van der Waals surface area contributed by atoms with E-state index < -0.39 is 0 Å². The molecule has 3 fully saturated rings. The molecule has 2 heteroatoms. The number of hydrogen-bond acceptors (Lipinski definition) is 2. The summed E-state index contributed by atoms with van der Waals surface area (Å²) in [4.78, 5) is 0. The lowest BCUT2D eigenvalue weighted by atomic mass is 9.58. The highest BCUT2D eigenvalue weighted by atomic mass is 14.6. The molecule has 0 saturated heterocycles. The molecule has 4 unspecified atom stereocenters. The van der Waals surface area contributed by atoms with Crippen LogP contribution in [0.3, 0.4) is 0 Å². The summed E-state index contributed by atoms with van der Waals surface area (Å²) >= 11 is 0. The zero-order valence-corrected chi connectivity index (χ0v) is 9.12. The molecule has 0 amide bonds. The Hall–Kier alpha value is -0.0800. The van der Waals surface area contributed by atoms with Gasteiger partial charge in [-0.05, 0) is 75.3 Å². The summed E-state index contributed by atoms with van der Waals surface area (Å²) in [6, 6.07) is 0. The molecule has 0 aliphatic heterocycles. The van der Waals surface area contributed by atoms with Gasteiger partial charge in [-0.1, -0.05) is 0 Å². The molecule has 3 aliphatic rings. The molecule has 3 rings (SSSR count). The third-order valence-corrected chi connectivity index (χ3v) is 4.53. The summed E-state index contributed by atoms with van der Waals surface area (Å²) in [7, 11) is 0. The third-order valence-electron chi connectivity index (χ3n) is 4.53. The molecule has 0 aromatic rings.